The molecule has 1 aliphatic carbocycles. The molecule has 1 aromatic carbocycles. The Morgan fingerprint density at radius 2 is 1.84 bits per heavy atom. The van der Waals surface area contributed by atoms with E-state index in [0.29, 0.717) is 11.7 Å². The topological polar surface area (TPSA) is 64.3 Å². The highest BCUT2D eigenvalue weighted by molar-refractivity contribution is 5.98. The number of fused-ring (bicyclic) bond motifs is 1. The molecule has 4 rings (SSSR count). The lowest BCUT2D eigenvalue weighted by atomic mass is 9.88. The van der Waals surface area contributed by atoms with Gasteiger partial charge in [-0.05, 0) is 51.0 Å². The predicted molar refractivity (Wildman–Crippen MR) is 128 cm³/mol. The molecular weight excluding hydrogens is 386 g/mol. The number of para-hydroxylation sites is 1. The summed E-state index contributed by atoms with van der Waals surface area (Å²) in [6.45, 7) is 4.26. The van der Waals surface area contributed by atoms with Crippen molar-refractivity contribution >= 4 is 28.3 Å². The van der Waals surface area contributed by atoms with Crippen LogP contribution in [0.4, 0.5) is 11.5 Å². The third-order valence-corrected chi connectivity index (χ3v) is 6.33. The van der Waals surface area contributed by atoms with Gasteiger partial charge < -0.3 is 20.1 Å². The molecule has 1 amide bonds. The van der Waals surface area contributed by atoms with Crippen LogP contribution in [0.3, 0.4) is 0 Å². The molecule has 164 valence electrons. The van der Waals surface area contributed by atoms with Crippen LogP contribution < -0.4 is 10.2 Å². The summed E-state index contributed by atoms with van der Waals surface area (Å²) >= 11 is 0. The second kappa shape index (κ2) is 9.00. The minimum Gasteiger partial charge on any atom is -0.380 e. The van der Waals surface area contributed by atoms with Gasteiger partial charge in [-0.1, -0.05) is 31.0 Å². The number of pyridine rings is 1. The quantitative estimate of drug-likeness (QED) is 0.596. The molecule has 0 unspecified atom stereocenters. The molecule has 0 saturated heterocycles. The Hall–Kier alpha value is -3.02. The van der Waals surface area contributed by atoms with Crippen LogP contribution in [0.2, 0.25) is 0 Å². The maximum atomic E-state index is 13.4. The van der Waals surface area contributed by atoms with Crippen molar-refractivity contribution in [2.75, 3.05) is 24.3 Å². The molecule has 2 heterocycles. The van der Waals surface area contributed by atoms with Crippen molar-refractivity contribution in [3.63, 3.8) is 0 Å². The van der Waals surface area contributed by atoms with E-state index in [1.165, 1.54) is 6.42 Å². The summed E-state index contributed by atoms with van der Waals surface area (Å²) in [5, 5.41) is 4.58. The van der Waals surface area contributed by atoms with Crippen LogP contribution >= 0.6 is 0 Å². The smallest absolute Gasteiger partial charge is 0.270 e. The fraction of sp³-hybridized carbons (Fsp3) is 0.440. The lowest BCUT2D eigenvalue weighted by Crippen LogP contribution is -2.53. The van der Waals surface area contributed by atoms with Gasteiger partial charge in [-0.25, -0.2) is 4.98 Å². The average Bonchev–Trinajstić information content (AvgIpc) is 3.22. The van der Waals surface area contributed by atoms with E-state index in [4.69, 9.17) is 0 Å². The highest BCUT2D eigenvalue weighted by Gasteiger charge is 2.35. The molecular formula is C25H33N5O. The van der Waals surface area contributed by atoms with Gasteiger partial charge in [-0.2, -0.15) is 0 Å². The number of aromatic nitrogens is 2. The lowest BCUT2D eigenvalue weighted by Gasteiger charge is -2.43. The van der Waals surface area contributed by atoms with Crippen molar-refractivity contribution in [2.45, 2.75) is 57.7 Å². The molecule has 3 aromatic rings. The van der Waals surface area contributed by atoms with Crippen molar-refractivity contribution in [3.05, 3.63) is 54.4 Å². The fourth-order valence-electron chi connectivity index (χ4n) is 4.78. The van der Waals surface area contributed by atoms with Gasteiger partial charge >= 0.3 is 0 Å². The zero-order chi connectivity index (χ0) is 22.0. The zero-order valence-electron chi connectivity index (χ0n) is 18.9. The summed E-state index contributed by atoms with van der Waals surface area (Å²) in [6.07, 6.45) is 6.19. The third-order valence-electron chi connectivity index (χ3n) is 6.33. The molecule has 2 N–H and O–H groups in total. The van der Waals surface area contributed by atoms with E-state index in [-0.39, 0.29) is 18.0 Å². The first-order valence-corrected chi connectivity index (χ1v) is 11.2. The summed E-state index contributed by atoms with van der Waals surface area (Å²) in [5.74, 6) is 0.989. The number of nitrogens with zero attached hydrogens (tertiary/aromatic N) is 3. The largest absolute Gasteiger partial charge is 0.380 e. The number of benzene rings is 1. The zero-order valence-corrected chi connectivity index (χ0v) is 18.9. The van der Waals surface area contributed by atoms with Gasteiger partial charge in [-0.3, -0.25) is 4.79 Å². The summed E-state index contributed by atoms with van der Waals surface area (Å²) in [6, 6.07) is 14.7. The first-order chi connectivity index (χ1) is 15.0. The fourth-order valence-corrected chi connectivity index (χ4v) is 4.78. The van der Waals surface area contributed by atoms with E-state index in [1.807, 2.05) is 54.5 Å². The molecule has 0 aliphatic heterocycles. The number of aromatic amines is 1. The van der Waals surface area contributed by atoms with Crippen LogP contribution in [0.25, 0.3) is 10.9 Å². The Morgan fingerprint density at radius 1 is 1.10 bits per heavy atom. The second-order valence-corrected chi connectivity index (χ2v) is 8.89. The first-order valence-electron chi connectivity index (χ1n) is 11.2. The van der Waals surface area contributed by atoms with E-state index in [9.17, 15) is 4.79 Å². The standard InChI is InChI=1S/C25H33N5O/c1-17(2)27-20-12-9-15-26-24(20)29(3)22-13-7-8-14-23(22)30(4)25(31)21-16-18-10-5-6-11-19(18)28-21/h5-6,9-12,15-17,22-23,27-28H,7-8,13-14H2,1-4H3/t22-,23-/m0/s1. The molecule has 0 radical (unpaired) electrons. The molecule has 2 aromatic heterocycles. The SMILES string of the molecule is CC(C)Nc1cccnc1N(C)[C@H]1CCCC[C@@H]1N(C)C(=O)c1cc2ccccc2[nH]1. The van der Waals surface area contributed by atoms with E-state index in [0.717, 1.165) is 41.7 Å². The van der Waals surface area contributed by atoms with Crippen molar-refractivity contribution in [2.24, 2.45) is 0 Å². The number of carbonyl (C=O) groups excluding carboxylic acids is 1. The van der Waals surface area contributed by atoms with E-state index < -0.39 is 0 Å². The monoisotopic (exact) mass is 419 g/mol. The van der Waals surface area contributed by atoms with Crippen molar-refractivity contribution in [1.82, 2.24) is 14.9 Å². The van der Waals surface area contributed by atoms with E-state index in [2.05, 4.69) is 47.1 Å². The van der Waals surface area contributed by atoms with Gasteiger partial charge in [0.2, 0.25) is 0 Å². The Balaban J connectivity index is 1.59. The summed E-state index contributed by atoms with van der Waals surface area (Å²) < 4.78 is 0. The molecule has 1 saturated carbocycles. The van der Waals surface area contributed by atoms with Crippen LogP contribution in [0.1, 0.15) is 50.0 Å². The number of amides is 1. The predicted octanol–water partition coefficient (Wildman–Crippen LogP) is 4.90. The van der Waals surface area contributed by atoms with Crippen LogP contribution in [-0.2, 0) is 0 Å². The minimum absolute atomic E-state index is 0.0445. The Labute approximate surface area is 184 Å². The average molecular weight is 420 g/mol. The van der Waals surface area contributed by atoms with Crippen LogP contribution in [-0.4, -0.2) is 53.0 Å². The molecule has 1 fully saturated rings. The second-order valence-electron chi connectivity index (χ2n) is 8.89. The minimum atomic E-state index is 0.0445. The van der Waals surface area contributed by atoms with Gasteiger partial charge in [0, 0.05) is 37.2 Å². The van der Waals surface area contributed by atoms with Gasteiger partial charge in [-0.15, -0.1) is 0 Å². The summed E-state index contributed by atoms with van der Waals surface area (Å²) in [7, 11) is 4.05. The number of rotatable bonds is 6. The Kier molecular flexibility index (Phi) is 6.16. The van der Waals surface area contributed by atoms with Gasteiger partial charge in [0.15, 0.2) is 5.82 Å². The lowest BCUT2D eigenvalue weighted by molar-refractivity contribution is 0.0664. The number of carbonyl (C=O) groups is 1. The van der Waals surface area contributed by atoms with Crippen molar-refractivity contribution in [1.29, 1.82) is 0 Å². The molecule has 0 spiro atoms. The summed E-state index contributed by atoms with van der Waals surface area (Å²) in [5.41, 5.74) is 2.68. The van der Waals surface area contributed by atoms with Crippen molar-refractivity contribution < 1.29 is 4.79 Å². The molecule has 6 nitrogen and oxygen atoms in total. The van der Waals surface area contributed by atoms with Crippen LogP contribution in [0, 0.1) is 0 Å². The van der Waals surface area contributed by atoms with Crippen LogP contribution in [0.15, 0.2) is 48.7 Å². The third kappa shape index (κ3) is 4.38. The number of nitrogens with one attached hydrogen (secondary N) is 2. The van der Waals surface area contributed by atoms with Gasteiger partial charge in [0.05, 0.1) is 17.8 Å². The highest BCUT2D eigenvalue weighted by atomic mass is 16.2. The highest BCUT2D eigenvalue weighted by Crippen LogP contribution is 2.32. The summed E-state index contributed by atoms with van der Waals surface area (Å²) in [4.78, 5) is 25.6. The van der Waals surface area contributed by atoms with Gasteiger partial charge in [0.1, 0.15) is 5.69 Å². The molecule has 0 bridgehead atoms. The van der Waals surface area contributed by atoms with E-state index in [1.54, 1.807) is 0 Å². The maximum absolute atomic E-state index is 13.4. The van der Waals surface area contributed by atoms with Crippen LogP contribution in [0.5, 0.6) is 0 Å². The van der Waals surface area contributed by atoms with E-state index >= 15 is 0 Å². The normalized spacial score (nSPS) is 18.9. The first kappa shape index (κ1) is 21.2. The maximum Gasteiger partial charge on any atom is 0.270 e. The molecule has 2 atom stereocenters. The Morgan fingerprint density at radius 3 is 2.58 bits per heavy atom. The molecule has 31 heavy (non-hydrogen) atoms. The number of likely N-dealkylation sites (N-methyl/N-ethyl adjacent to an activating group) is 2. The van der Waals surface area contributed by atoms with Gasteiger partial charge in [0.25, 0.3) is 5.91 Å². The Bertz CT molecular complexity index is 1010. The molecule has 1 aliphatic rings. The molecule has 6 heteroatoms. The van der Waals surface area contributed by atoms with Crippen molar-refractivity contribution in [3.8, 4) is 0 Å². The number of H-pyrrole nitrogens is 1. The number of hydrogen-bond acceptors (Lipinski definition) is 4. The number of hydrogen-bond donors (Lipinski definition) is 2. The number of anilines is 2.